The average molecular weight is 329 g/mol. The van der Waals surface area contributed by atoms with E-state index in [-0.39, 0.29) is 5.91 Å². The normalized spacial score (nSPS) is 11.5. The number of ether oxygens (including phenoxy) is 3. The molecule has 0 spiro atoms. The summed E-state index contributed by atoms with van der Waals surface area (Å²) in [4.78, 5) is 12.3. The third kappa shape index (κ3) is 4.65. The molecule has 2 aromatic carbocycles. The number of carbonyl (C=O) groups is 1. The van der Waals surface area contributed by atoms with Crippen molar-refractivity contribution in [1.82, 2.24) is 0 Å². The maximum Gasteiger partial charge on any atom is 0.265 e. The Morgan fingerprint density at radius 2 is 1.96 bits per heavy atom. The molecule has 1 amide bonds. The Labute approximate surface area is 142 Å². The standard InChI is InChI=1S/C19H23NO4/c1-5-23-17-10-9-15(12-18(17)22-4)20-19(21)14(3)24-16-8-6-7-13(2)11-16/h6-12,14H,5H2,1-4H3,(H,20,21)/t14-/m1/s1. The van der Waals surface area contributed by atoms with Gasteiger partial charge < -0.3 is 19.5 Å². The van der Waals surface area contributed by atoms with Gasteiger partial charge >= 0.3 is 0 Å². The molecule has 0 saturated carbocycles. The Morgan fingerprint density at radius 3 is 2.62 bits per heavy atom. The predicted molar refractivity (Wildman–Crippen MR) is 94.1 cm³/mol. The summed E-state index contributed by atoms with van der Waals surface area (Å²) in [5.74, 6) is 1.65. The zero-order chi connectivity index (χ0) is 17.5. The van der Waals surface area contributed by atoms with Gasteiger partial charge in [-0.05, 0) is 50.6 Å². The van der Waals surface area contributed by atoms with Crippen LogP contribution in [0.1, 0.15) is 19.4 Å². The third-order valence-corrected chi connectivity index (χ3v) is 3.40. The van der Waals surface area contributed by atoms with Crippen LogP contribution in [0.15, 0.2) is 42.5 Å². The zero-order valence-corrected chi connectivity index (χ0v) is 14.5. The van der Waals surface area contributed by atoms with E-state index in [1.807, 2.05) is 38.1 Å². The fourth-order valence-corrected chi connectivity index (χ4v) is 2.21. The van der Waals surface area contributed by atoms with Crippen LogP contribution in [0, 0.1) is 6.92 Å². The van der Waals surface area contributed by atoms with Crippen molar-refractivity contribution in [3.05, 3.63) is 48.0 Å². The summed E-state index contributed by atoms with van der Waals surface area (Å²) in [6.45, 7) is 6.14. The number of hydrogen-bond acceptors (Lipinski definition) is 4. The minimum absolute atomic E-state index is 0.234. The van der Waals surface area contributed by atoms with Crippen molar-refractivity contribution in [2.45, 2.75) is 26.9 Å². The van der Waals surface area contributed by atoms with Crippen LogP contribution < -0.4 is 19.5 Å². The minimum atomic E-state index is -0.621. The van der Waals surface area contributed by atoms with Crippen molar-refractivity contribution < 1.29 is 19.0 Å². The van der Waals surface area contributed by atoms with Gasteiger partial charge in [0.15, 0.2) is 17.6 Å². The van der Waals surface area contributed by atoms with E-state index >= 15 is 0 Å². The Balaban J connectivity index is 2.03. The lowest BCUT2D eigenvalue weighted by atomic mass is 10.2. The Morgan fingerprint density at radius 1 is 1.17 bits per heavy atom. The molecule has 2 rings (SSSR count). The zero-order valence-electron chi connectivity index (χ0n) is 14.5. The van der Waals surface area contributed by atoms with E-state index in [0.717, 1.165) is 5.56 Å². The van der Waals surface area contributed by atoms with Gasteiger partial charge in [0.2, 0.25) is 0 Å². The largest absolute Gasteiger partial charge is 0.493 e. The van der Waals surface area contributed by atoms with Gasteiger partial charge in [-0.15, -0.1) is 0 Å². The van der Waals surface area contributed by atoms with Gasteiger partial charge in [0.25, 0.3) is 5.91 Å². The first-order valence-electron chi connectivity index (χ1n) is 7.88. The van der Waals surface area contributed by atoms with E-state index < -0.39 is 6.10 Å². The number of aryl methyl sites for hydroxylation is 1. The smallest absolute Gasteiger partial charge is 0.265 e. The van der Waals surface area contributed by atoms with E-state index in [1.54, 1.807) is 32.2 Å². The first kappa shape index (κ1) is 17.7. The Kier molecular flexibility index (Phi) is 6.07. The Hall–Kier alpha value is -2.69. The molecule has 0 heterocycles. The van der Waals surface area contributed by atoms with E-state index in [2.05, 4.69) is 5.32 Å². The molecule has 128 valence electrons. The van der Waals surface area contributed by atoms with Crippen LogP contribution in [0.3, 0.4) is 0 Å². The van der Waals surface area contributed by atoms with Crippen molar-refractivity contribution in [1.29, 1.82) is 0 Å². The quantitative estimate of drug-likeness (QED) is 0.839. The number of benzene rings is 2. The van der Waals surface area contributed by atoms with Crippen LogP contribution in [0.4, 0.5) is 5.69 Å². The van der Waals surface area contributed by atoms with E-state index in [0.29, 0.717) is 29.5 Å². The van der Waals surface area contributed by atoms with Crippen molar-refractivity contribution in [3.8, 4) is 17.2 Å². The highest BCUT2D eigenvalue weighted by molar-refractivity contribution is 5.94. The summed E-state index contributed by atoms with van der Waals surface area (Å²) < 4.78 is 16.4. The summed E-state index contributed by atoms with van der Waals surface area (Å²) in [6, 6.07) is 12.9. The fourth-order valence-electron chi connectivity index (χ4n) is 2.21. The molecule has 5 nitrogen and oxygen atoms in total. The van der Waals surface area contributed by atoms with Crippen molar-refractivity contribution in [3.63, 3.8) is 0 Å². The number of nitrogens with one attached hydrogen (secondary N) is 1. The van der Waals surface area contributed by atoms with Gasteiger partial charge in [-0.1, -0.05) is 12.1 Å². The molecule has 0 unspecified atom stereocenters. The van der Waals surface area contributed by atoms with Crippen LogP contribution in [0.2, 0.25) is 0 Å². The number of methoxy groups -OCH3 is 1. The maximum atomic E-state index is 12.3. The van der Waals surface area contributed by atoms with Gasteiger partial charge in [0.1, 0.15) is 5.75 Å². The second-order valence-electron chi connectivity index (χ2n) is 5.36. The Bertz CT molecular complexity index is 700. The molecule has 0 saturated heterocycles. The number of hydrogen-bond donors (Lipinski definition) is 1. The van der Waals surface area contributed by atoms with Crippen LogP contribution in [0.5, 0.6) is 17.2 Å². The first-order chi connectivity index (χ1) is 11.5. The highest BCUT2D eigenvalue weighted by Crippen LogP contribution is 2.30. The summed E-state index contributed by atoms with van der Waals surface area (Å²) >= 11 is 0. The number of rotatable bonds is 7. The maximum absolute atomic E-state index is 12.3. The lowest BCUT2D eigenvalue weighted by Crippen LogP contribution is -2.30. The summed E-state index contributed by atoms with van der Waals surface area (Å²) in [7, 11) is 1.56. The second kappa shape index (κ2) is 8.24. The monoisotopic (exact) mass is 329 g/mol. The molecule has 0 aliphatic rings. The molecule has 5 heteroatoms. The molecular weight excluding hydrogens is 306 g/mol. The van der Waals surface area contributed by atoms with Crippen molar-refractivity contribution in [2.75, 3.05) is 19.0 Å². The minimum Gasteiger partial charge on any atom is -0.493 e. The van der Waals surface area contributed by atoms with Crippen molar-refractivity contribution >= 4 is 11.6 Å². The molecule has 0 radical (unpaired) electrons. The molecular formula is C19H23NO4. The van der Waals surface area contributed by atoms with Crippen LogP contribution in [-0.2, 0) is 4.79 Å². The lowest BCUT2D eigenvalue weighted by Gasteiger charge is -2.16. The highest BCUT2D eigenvalue weighted by atomic mass is 16.5. The predicted octanol–water partition coefficient (Wildman–Crippen LogP) is 3.81. The average Bonchev–Trinajstić information content (AvgIpc) is 2.56. The lowest BCUT2D eigenvalue weighted by molar-refractivity contribution is -0.122. The number of carbonyl (C=O) groups excluding carboxylic acids is 1. The molecule has 1 atom stereocenters. The second-order valence-corrected chi connectivity index (χ2v) is 5.36. The van der Waals surface area contributed by atoms with E-state index in [1.165, 1.54) is 0 Å². The van der Waals surface area contributed by atoms with Crippen LogP contribution in [-0.4, -0.2) is 25.7 Å². The highest BCUT2D eigenvalue weighted by Gasteiger charge is 2.16. The molecule has 0 aliphatic heterocycles. The van der Waals surface area contributed by atoms with Crippen LogP contribution >= 0.6 is 0 Å². The third-order valence-electron chi connectivity index (χ3n) is 3.40. The van der Waals surface area contributed by atoms with Crippen molar-refractivity contribution in [2.24, 2.45) is 0 Å². The molecule has 24 heavy (non-hydrogen) atoms. The molecule has 0 aliphatic carbocycles. The van der Waals surface area contributed by atoms with Crippen LogP contribution in [0.25, 0.3) is 0 Å². The van der Waals surface area contributed by atoms with Gasteiger partial charge in [0.05, 0.1) is 13.7 Å². The molecule has 0 aromatic heterocycles. The van der Waals surface area contributed by atoms with Gasteiger partial charge in [-0.3, -0.25) is 4.79 Å². The van der Waals surface area contributed by atoms with E-state index in [9.17, 15) is 4.79 Å². The first-order valence-corrected chi connectivity index (χ1v) is 7.88. The number of anilines is 1. The molecule has 0 fully saturated rings. The number of amides is 1. The van der Waals surface area contributed by atoms with Gasteiger partial charge in [-0.2, -0.15) is 0 Å². The summed E-state index contributed by atoms with van der Waals surface area (Å²) in [5, 5.41) is 2.82. The summed E-state index contributed by atoms with van der Waals surface area (Å²) in [6.07, 6.45) is -0.621. The van der Waals surface area contributed by atoms with Gasteiger partial charge in [-0.25, -0.2) is 0 Å². The summed E-state index contributed by atoms with van der Waals surface area (Å²) in [5.41, 5.74) is 1.70. The molecule has 2 aromatic rings. The molecule has 0 bridgehead atoms. The molecule has 1 N–H and O–H groups in total. The SMILES string of the molecule is CCOc1ccc(NC(=O)[C@@H](C)Oc2cccc(C)c2)cc1OC. The van der Waals surface area contributed by atoms with Gasteiger partial charge in [0, 0.05) is 11.8 Å². The van der Waals surface area contributed by atoms with E-state index in [4.69, 9.17) is 14.2 Å². The topological polar surface area (TPSA) is 56.8 Å². The fraction of sp³-hybridized carbons (Fsp3) is 0.316.